The third-order valence-electron chi connectivity index (χ3n) is 3.77. The molecule has 116 valence electrons. The first kappa shape index (κ1) is 14.3. The van der Waals surface area contributed by atoms with E-state index in [4.69, 9.17) is 15.6 Å². The molecule has 0 radical (unpaired) electrons. The number of hydrogen-bond donors (Lipinski definition) is 2. The van der Waals surface area contributed by atoms with Crippen LogP contribution in [0.3, 0.4) is 0 Å². The Labute approximate surface area is 127 Å². The van der Waals surface area contributed by atoms with Gasteiger partial charge in [0.1, 0.15) is 5.69 Å². The Balaban J connectivity index is 1.60. The van der Waals surface area contributed by atoms with Crippen molar-refractivity contribution in [3.63, 3.8) is 0 Å². The predicted octanol–water partition coefficient (Wildman–Crippen LogP) is 0.486. The zero-order chi connectivity index (χ0) is 15.4. The predicted molar refractivity (Wildman–Crippen MR) is 80.7 cm³/mol. The Morgan fingerprint density at radius 1 is 1.18 bits per heavy atom. The fourth-order valence-corrected chi connectivity index (χ4v) is 2.57. The highest BCUT2D eigenvalue weighted by Gasteiger charge is 2.21. The van der Waals surface area contributed by atoms with Gasteiger partial charge < -0.3 is 15.8 Å². The van der Waals surface area contributed by atoms with Crippen LogP contribution in [0.15, 0.2) is 40.1 Å². The van der Waals surface area contributed by atoms with Crippen molar-refractivity contribution in [3.8, 4) is 0 Å². The summed E-state index contributed by atoms with van der Waals surface area (Å²) in [4.78, 5) is 4.59. The minimum atomic E-state index is -0.0841. The van der Waals surface area contributed by atoms with Crippen LogP contribution in [0.2, 0.25) is 0 Å². The van der Waals surface area contributed by atoms with Gasteiger partial charge in [0.15, 0.2) is 11.5 Å². The summed E-state index contributed by atoms with van der Waals surface area (Å²) in [5, 5.41) is 19.2. The first-order valence-electron chi connectivity index (χ1n) is 7.09. The normalized spacial score (nSPS) is 16.9. The van der Waals surface area contributed by atoms with Crippen LogP contribution in [-0.2, 0) is 6.54 Å². The number of hydrogen-bond acceptors (Lipinski definition) is 7. The molecule has 8 nitrogen and oxygen atoms in total. The number of aromatic nitrogens is 2. The Morgan fingerprint density at radius 3 is 2.59 bits per heavy atom. The second kappa shape index (κ2) is 6.44. The smallest absolute Gasteiger partial charge is 0.194 e. The van der Waals surface area contributed by atoms with Gasteiger partial charge in [0.05, 0.1) is 0 Å². The lowest BCUT2D eigenvalue weighted by atomic mass is 10.2. The van der Waals surface area contributed by atoms with Crippen molar-refractivity contribution in [2.75, 3.05) is 31.1 Å². The van der Waals surface area contributed by atoms with Gasteiger partial charge in [-0.25, -0.2) is 4.63 Å². The van der Waals surface area contributed by atoms with E-state index in [9.17, 15) is 0 Å². The van der Waals surface area contributed by atoms with Crippen LogP contribution in [0, 0.1) is 0 Å². The Morgan fingerprint density at radius 2 is 1.91 bits per heavy atom. The number of piperazine rings is 1. The molecule has 2 aromatic rings. The molecule has 0 spiro atoms. The molecule has 3 N–H and O–H groups in total. The number of anilines is 1. The maximum Gasteiger partial charge on any atom is 0.194 e. The van der Waals surface area contributed by atoms with E-state index in [1.807, 2.05) is 18.2 Å². The lowest BCUT2D eigenvalue weighted by Crippen LogP contribution is -2.46. The topological polar surface area (TPSA) is 104 Å². The summed E-state index contributed by atoms with van der Waals surface area (Å²) < 4.78 is 4.69. The van der Waals surface area contributed by atoms with E-state index in [1.165, 1.54) is 5.69 Å². The van der Waals surface area contributed by atoms with Gasteiger partial charge in [-0.05, 0) is 17.3 Å². The van der Waals surface area contributed by atoms with Crippen LogP contribution in [0.4, 0.5) is 5.69 Å². The van der Waals surface area contributed by atoms with Crippen molar-refractivity contribution in [2.45, 2.75) is 6.54 Å². The van der Waals surface area contributed by atoms with E-state index in [0.29, 0.717) is 17.9 Å². The Kier molecular flexibility index (Phi) is 4.19. The molecule has 1 aromatic heterocycles. The zero-order valence-electron chi connectivity index (χ0n) is 12.1. The zero-order valence-corrected chi connectivity index (χ0v) is 12.1. The maximum atomic E-state index is 8.73. The quantitative estimate of drug-likeness (QED) is 0.366. The van der Waals surface area contributed by atoms with Gasteiger partial charge in [0.2, 0.25) is 0 Å². The molecule has 0 aliphatic carbocycles. The van der Waals surface area contributed by atoms with Crippen LogP contribution in [-0.4, -0.2) is 52.4 Å². The molecular weight excluding hydrogens is 284 g/mol. The summed E-state index contributed by atoms with van der Waals surface area (Å²) in [6.07, 6.45) is 0. The second-order valence-electron chi connectivity index (χ2n) is 5.14. The molecule has 0 bridgehead atoms. The molecule has 3 rings (SSSR count). The first-order valence-corrected chi connectivity index (χ1v) is 7.09. The van der Waals surface area contributed by atoms with Crippen LogP contribution >= 0.6 is 0 Å². The molecule has 2 heterocycles. The number of benzene rings is 1. The molecule has 0 saturated carbocycles. The largest absolute Gasteiger partial charge is 0.409 e. The van der Waals surface area contributed by atoms with Gasteiger partial charge in [-0.3, -0.25) is 4.90 Å². The lowest BCUT2D eigenvalue weighted by Gasteiger charge is -2.35. The number of amidine groups is 1. The summed E-state index contributed by atoms with van der Waals surface area (Å²) in [7, 11) is 0. The van der Waals surface area contributed by atoms with Gasteiger partial charge >= 0.3 is 0 Å². The van der Waals surface area contributed by atoms with Gasteiger partial charge in [-0.1, -0.05) is 28.5 Å². The Bertz CT molecular complexity index is 634. The summed E-state index contributed by atoms with van der Waals surface area (Å²) >= 11 is 0. The number of rotatable bonds is 4. The number of nitrogens with zero attached hydrogens (tertiary/aromatic N) is 5. The molecule has 8 heteroatoms. The van der Waals surface area contributed by atoms with E-state index in [2.05, 4.69) is 37.4 Å². The van der Waals surface area contributed by atoms with Crippen molar-refractivity contribution in [1.29, 1.82) is 0 Å². The van der Waals surface area contributed by atoms with Crippen molar-refractivity contribution in [3.05, 3.63) is 41.7 Å². The monoisotopic (exact) mass is 302 g/mol. The number of para-hydroxylation sites is 1. The second-order valence-corrected chi connectivity index (χ2v) is 5.14. The molecule has 1 aromatic carbocycles. The molecule has 1 aliphatic rings. The summed E-state index contributed by atoms with van der Waals surface area (Å²) in [5.74, 6) is -0.0841. The Hall–Kier alpha value is -2.61. The number of oxime groups is 1. The highest BCUT2D eigenvalue weighted by molar-refractivity contribution is 5.95. The average molecular weight is 302 g/mol. The molecule has 22 heavy (non-hydrogen) atoms. The standard InChI is InChI=1S/C14H18N6O2/c15-14(16-21)13-12(17-22-18-13)10-19-6-8-20(9-7-19)11-4-2-1-3-5-11/h1-5,21H,6-10H2,(H2,15,16). The highest BCUT2D eigenvalue weighted by Crippen LogP contribution is 2.17. The van der Waals surface area contributed by atoms with Crippen LogP contribution < -0.4 is 10.6 Å². The third-order valence-corrected chi connectivity index (χ3v) is 3.77. The summed E-state index contributed by atoms with van der Waals surface area (Å²) in [6, 6.07) is 10.4. The third kappa shape index (κ3) is 3.01. The van der Waals surface area contributed by atoms with Gasteiger partial charge in [-0.2, -0.15) is 0 Å². The van der Waals surface area contributed by atoms with Crippen LogP contribution in [0.1, 0.15) is 11.4 Å². The molecule has 0 amide bonds. The van der Waals surface area contributed by atoms with Gasteiger partial charge in [0.25, 0.3) is 0 Å². The molecule has 0 unspecified atom stereocenters. The van der Waals surface area contributed by atoms with E-state index in [1.54, 1.807) is 0 Å². The van der Waals surface area contributed by atoms with Crippen molar-refractivity contribution in [1.82, 2.24) is 15.2 Å². The van der Waals surface area contributed by atoms with E-state index in [0.717, 1.165) is 26.2 Å². The van der Waals surface area contributed by atoms with Gasteiger partial charge in [-0.15, -0.1) is 0 Å². The minimum absolute atomic E-state index is 0.0841. The average Bonchev–Trinajstić information content (AvgIpc) is 3.04. The lowest BCUT2D eigenvalue weighted by molar-refractivity contribution is 0.237. The summed E-state index contributed by atoms with van der Waals surface area (Å²) in [5.41, 5.74) is 7.68. The molecule has 0 atom stereocenters. The fraction of sp³-hybridized carbons (Fsp3) is 0.357. The molecule has 1 fully saturated rings. The van der Waals surface area contributed by atoms with Crippen molar-refractivity contribution in [2.24, 2.45) is 10.9 Å². The first-order chi connectivity index (χ1) is 10.8. The number of nitrogens with two attached hydrogens (primary N) is 1. The van der Waals surface area contributed by atoms with Crippen LogP contribution in [0.25, 0.3) is 0 Å². The SMILES string of the molecule is N/C(=N\O)c1nonc1CN1CCN(c2ccccc2)CC1. The van der Waals surface area contributed by atoms with E-state index in [-0.39, 0.29) is 5.84 Å². The van der Waals surface area contributed by atoms with Crippen molar-refractivity contribution < 1.29 is 9.84 Å². The highest BCUT2D eigenvalue weighted by atomic mass is 16.6. The van der Waals surface area contributed by atoms with Crippen LogP contribution in [0.5, 0.6) is 0 Å². The molecule has 1 saturated heterocycles. The molecular formula is C14H18N6O2. The summed E-state index contributed by atoms with van der Waals surface area (Å²) in [6.45, 7) is 4.24. The minimum Gasteiger partial charge on any atom is -0.409 e. The van der Waals surface area contributed by atoms with Gasteiger partial charge in [0, 0.05) is 38.4 Å². The molecule has 1 aliphatic heterocycles. The van der Waals surface area contributed by atoms with E-state index >= 15 is 0 Å². The fourth-order valence-electron chi connectivity index (χ4n) is 2.57. The van der Waals surface area contributed by atoms with Crippen molar-refractivity contribution >= 4 is 11.5 Å². The van der Waals surface area contributed by atoms with E-state index < -0.39 is 0 Å². The maximum absolute atomic E-state index is 8.73.